The van der Waals surface area contributed by atoms with Crippen LogP contribution in [0.4, 0.5) is 0 Å². The average molecular weight is 763 g/mol. The molecule has 3 aliphatic rings. The van der Waals surface area contributed by atoms with Crippen molar-refractivity contribution >= 4 is 21.9 Å². The summed E-state index contributed by atoms with van der Waals surface area (Å²) in [6.07, 6.45) is 17.9. The zero-order valence-electron chi connectivity index (χ0n) is 34.6. The van der Waals surface area contributed by atoms with Crippen molar-refractivity contribution < 1.29 is 4.74 Å². The van der Waals surface area contributed by atoms with E-state index in [-0.39, 0.29) is 5.41 Å². The summed E-state index contributed by atoms with van der Waals surface area (Å²) in [6.45, 7) is 9.05. The fourth-order valence-electron chi connectivity index (χ4n) is 9.83. The van der Waals surface area contributed by atoms with Crippen molar-refractivity contribution in [2.24, 2.45) is 0 Å². The molecule has 0 fully saturated rings. The number of ether oxygens (including phenoxy) is 1. The maximum Gasteiger partial charge on any atom is 0.157 e. The molecule has 288 valence electrons. The average Bonchev–Trinajstić information content (AvgIpc) is 3.79. The maximum atomic E-state index is 7.38. The zero-order valence-corrected chi connectivity index (χ0v) is 34.6. The van der Waals surface area contributed by atoms with Crippen LogP contribution in [0.25, 0.3) is 55.3 Å². The first kappa shape index (κ1) is 36.9. The van der Waals surface area contributed by atoms with Crippen LogP contribution in [0, 0.1) is 0 Å². The predicted molar refractivity (Wildman–Crippen MR) is 250 cm³/mol. The highest BCUT2D eigenvalue weighted by Gasteiger charge is 2.38. The van der Waals surface area contributed by atoms with Crippen molar-refractivity contribution in [1.82, 2.24) is 0 Å². The summed E-state index contributed by atoms with van der Waals surface area (Å²) in [7, 11) is 0. The number of allylic oxidation sites excluding steroid dienone is 8. The summed E-state index contributed by atoms with van der Waals surface area (Å²) < 4.78 is 7.38. The SMILES string of the molecule is C/C=C\C=C1/CCc2ccc(-c3ccc4c(c3)C(C)(C)c3cc(OC(C)(c5ccc(-c6ccc(C7=CCCC=C7)cc6)cc5)c5cccc6ccccc56)ccc3-4)cc21. The Morgan fingerprint density at radius 1 is 0.610 bits per heavy atom. The lowest BCUT2D eigenvalue weighted by atomic mass is 9.81. The van der Waals surface area contributed by atoms with Gasteiger partial charge in [-0.3, -0.25) is 0 Å². The molecule has 1 unspecified atom stereocenters. The Morgan fingerprint density at radius 3 is 2.07 bits per heavy atom. The van der Waals surface area contributed by atoms with E-state index < -0.39 is 5.60 Å². The number of hydrogen-bond acceptors (Lipinski definition) is 1. The van der Waals surface area contributed by atoms with Crippen LogP contribution in [-0.4, -0.2) is 0 Å². The smallest absolute Gasteiger partial charge is 0.157 e. The van der Waals surface area contributed by atoms with Crippen molar-refractivity contribution in [1.29, 1.82) is 0 Å². The summed E-state index contributed by atoms with van der Waals surface area (Å²) >= 11 is 0. The molecule has 0 saturated heterocycles. The largest absolute Gasteiger partial charge is 0.478 e. The summed E-state index contributed by atoms with van der Waals surface area (Å²) in [4.78, 5) is 0. The van der Waals surface area contributed by atoms with Gasteiger partial charge in [-0.15, -0.1) is 0 Å². The van der Waals surface area contributed by atoms with Crippen LogP contribution < -0.4 is 4.74 Å². The molecule has 10 rings (SSSR count). The van der Waals surface area contributed by atoms with Gasteiger partial charge in [0.2, 0.25) is 0 Å². The number of aryl methyl sites for hydroxylation is 1. The molecule has 0 bridgehead atoms. The third kappa shape index (κ3) is 6.50. The van der Waals surface area contributed by atoms with Crippen molar-refractivity contribution in [2.45, 2.75) is 64.4 Å². The van der Waals surface area contributed by atoms with Gasteiger partial charge in [-0.05, 0) is 152 Å². The Morgan fingerprint density at radius 2 is 1.29 bits per heavy atom. The second-order valence-corrected chi connectivity index (χ2v) is 17.1. The summed E-state index contributed by atoms with van der Waals surface area (Å²) in [5, 5.41) is 2.40. The molecule has 1 nitrogen and oxygen atoms in total. The number of rotatable bonds is 8. The van der Waals surface area contributed by atoms with Gasteiger partial charge in [0.15, 0.2) is 5.60 Å². The zero-order chi connectivity index (χ0) is 40.1. The number of fused-ring (bicyclic) bond motifs is 5. The molecule has 0 amide bonds. The Balaban J connectivity index is 0.995. The number of benzene rings is 7. The van der Waals surface area contributed by atoms with Gasteiger partial charge in [0.1, 0.15) is 5.75 Å². The fraction of sp³-hybridized carbons (Fsp3) is 0.172. The first-order chi connectivity index (χ1) is 28.8. The summed E-state index contributed by atoms with van der Waals surface area (Å²) in [5.74, 6) is 0.866. The molecule has 0 N–H and O–H groups in total. The van der Waals surface area contributed by atoms with Crippen LogP contribution in [0.5, 0.6) is 5.75 Å². The molecule has 3 aliphatic carbocycles. The van der Waals surface area contributed by atoms with E-state index in [0.717, 1.165) is 42.6 Å². The molecule has 0 saturated carbocycles. The minimum atomic E-state index is -0.770. The lowest BCUT2D eigenvalue weighted by molar-refractivity contribution is 0.134. The first-order valence-electron chi connectivity index (χ1n) is 21.3. The normalized spacial score (nSPS) is 16.8. The van der Waals surface area contributed by atoms with Crippen LogP contribution in [0.3, 0.4) is 0 Å². The van der Waals surface area contributed by atoms with Gasteiger partial charge in [0.05, 0.1) is 0 Å². The molecule has 0 spiro atoms. The molecule has 0 radical (unpaired) electrons. The minimum Gasteiger partial charge on any atom is -0.478 e. The van der Waals surface area contributed by atoms with Gasteiger partial charge >= 0.3 is 0 Å². The van der Waals surface area contributed by atoms with Crippen molar-refractivity contribution in [3.05, 3.63) is 221 Å². The van der Waals surface area contributed by atoms with Crippen LogP contribution >= 0.6 is 0 Å². The molecule has 0 aliphatic heterocycles. The maximum absolute atomic E-state index is 7.38. The molecule has 7 aromatic carbocycles. The third-order valence-corrected chi connectivity index (χ3v) is 13.2. The van der Waals surface area contributed by atoms with Gasteiger partial charge in [-0.2, -0.15) is 0 Å². The topological polar surface area (TPSA) is 9.23 Å². The minimum absolute atomic E-state index is 0.204. The van der Waals surface area contributed by atoms with Crippen molar-refractivity contribution in [2.75, 3.05) is 0 Å². The van der Waals surface area contributed by atoms with E-state index in [2.05, 4.69) is 210 Å². The van der Waals surface area contributed by atoms with Crippen LogP contribution in [0.2, 0.25) is 0 Å². The highest BCUT2D eigenvalue weighted by atomic mass is 16.5. The van der Waals surface area contributed by atoms with Crippen molar-refractivity contribution in [3.8, 4) is 39.1 Å². The van der Waals surface area contributed by atoms with Crippen LogP contribution in [0.1, 0.15) is 85.9 Å². The fourth-order valence-corrected chi connectivity index (χ4v) is 9.83. The van der Waals surface area contributed by atoms with Crippen LogP contribution in [0.15, 0.2) is 182 Å². The molecule has 0 heterocycles. The molecular weight excluding hydrogens is 713 g/mol. The molecule has 0 aromatic heterocycles. The Kier molecular flexibility index (Phi) is 9.21. The Hall–Kier alpha value is -6.44. The number of hydrogen-bond donors (Lipinski definition) is 0. The Bertz CT molecular complexity index is 2870. The summed E-state index contributed by atoms with van der Waals surface area (Å²) in [5.41, 5.74) is 18.3. The monoisotopic (exact) mass is 762 g/mol. The van der Waals surface area contributed by atoms with E-state index in [1.54, 1.807) is 0 Å². The second kappa shape index (κ2) is 14.7. The highest BCUT2D eigenvalue weighted by Crippen LogP contribution is 2.52. The van der Waals surface area contributed by atoms with E-state index in [9.17, 15) is 0 Å². The van der Waals surface area contributed by atoms with Crippen molar-refractivity contribution in [3.63, 3.8) is 0 Å². The van der Waals surface area contributed by atoms with Gasteiger partial charge in [-0.25, -0.2) is 0 Å². The van der Waals surface area contributed by atoms with Crippen LogP contribution in [-0.2, 0) is 17.4 Å². The second-order valence-electron chi connectivity index (χ2n) is 17.1. The highest BCUT2D eigenvalue weighted by molar-refractivity contribution is 5.88. The first-order valence-corrected chi connectivity index (χ1v) is 21.3. The molecule has 7 aromatic rings. The van der Waals surface area contributed by atoms with Gasteiger partial charge in [0.25, 0.3) is 0 Å². The molecule has 1 heteroatoms. The van der Waals surface area contributed by atoms with E-state index >= 15 is 0 Å². The van der Waals surface area contributed by atoms with Gasteiger partial charge in [-0.1, -0.05) is 172 Å². The standard InChI is InChI=1S/C58H50O/c1-5-6-13-44-24-25-45-26-27-46(36-53(44)45)47-30-34-51-52-35-33-49(38-56(52)57(2,3)55(51)37-47)59-58(4,54-19-12-17-43-16-10-11-18-50(43)54)48-31-28-42(29-32-48)41-22-20-40(21-23-41)39-14-8-7-9-15-39/h5-6,8,10-23,26-38H,7,9,24-25H2,1-4H3/b6-5-,44-13+. The predicted octanol–water partition coefficient (Wildman–Crippen LogP) is 15.5. The molecule has 59 heavy (non-hydrogen) atoms. The Labute approximate surface area is 349 Å². The lowest BCUT2D eigenvalue weighted by Gasteiger charge is -2.34. The van der Waals surface area contributed by atoms with Gasteiger partial charge in [0, 0.05) is 11.0 Å². The quantitative estimate of drug-likeness (QED) is 0.150. The molecular formula is C58H50O. The third-order valence-electron chi connectivity index (χ3n) is 13.2. The van der Waals surface area contributed by atoms with Gasteiger partial charge < -0.3 is 4.74 Å². The summed E-state index contributed by atoms with van der Waals surface area (Å²) in [6, 6.07) is 54.1. The van der Waals surface area contributed by atoms with E-state index in [1.165, 1.54) is 83.1 Å². The van der Waals surface area contributed by atoms with E-state index in [0.29, 0.717) is 0 Å². The molecule has 1 atom stereocenters. The van der Waals surface area contributed by atoms with E-state index in [1.807, 2.05) is 0 Å². The van der Waals surface area contributed by atoms with E-state index in [4.69, 9.17) is 4.74 Å². The lowest BCUT2D eigenvalue weighted by Crippen LogP contribution is -2.31.